The smallest absolute Gasteiger partial charge is 0.327 e. The SMILES string of the molecule is COc1cc(C)c(C)cc1CC/C=C/C(=O)O. The summed E-state index contributed by atoms with van der Waals surface area (Å²) in [5.41, 5.74) is 3.54. The minimum absolute atomic E-state index is 0.700. The number of hydrogen-bond donors (Lipinski definition) is 1. The first-order valence-electron chi connectivity index (χ1n) is 5.58. The molecule has 0 aliphatic heterocycles. The van der Waals surface area contributed by atoms with Crippen LogP contribution in [0.4, 0.5) is 0 Å². The molecule has 0 saturated heterocycles. The predicted molar refractivity (Wildman–Crippen MR) is 67.6 cm³/mol. The number of allylic oxidation sites excluding steroid dienone is 1. The first-order valence-corrected chi connectivity index (χ1v) is 5.58. The maximum Gasteiger partial charge on any atom is 0.327 e. The molecule has 0 unspecified atom stereocenters. The molecule has 0 aliphatic rings. The normalized spacial score (nSPS) is 10.8. The molecular weight excluding hydrogens is 216 g/mol. The second kappa shape index (κ2) is 6.09. The molecule has 1 N–H and O–H groups in total. The van der Waals surface area contributed by atoms with Crippen LogP contribution in [0.5, 0.6) is 5.75 Å². The van der Waals surface area contributed by atoms with Crippen molar-refractivity contribution in [2.24, 2.45) is 0 Å². The molecule has 0 saturated carbocycles. The van der Waals surface area contributed by atoms with E-state index in [4.69, 9.17) is 9.84 Å². The first-order chi connectivity index (χ1) is 8.04. The molecule has 0 bridgehead atoms. The summed E-state index contributed by atoms with van der Waals surface area (Å²) in [5.74, 6) is -0.0334. The van der Waals surface area contributed by atoms with Gasteiger partial charge in [0, 0.05) is 6.08 Å². The molecular formula is C14H18O3. The zero-order valence-electron chi connectivity index (χ0n) is 10.5. The largest absolute Gasteiger partial charge is 0.496 e. The fraction of sp³-hybridized carbons (Fsp3) is 0.357. The van der Waals surface area contributed by atoms with Crippen molar-refractivity contribution >= 4 is 5.97 Å². The molecule has 0 aromatic heterocycles. The first kappa shape index (κ1) is 13.3. The maximum atomic E-state index is 10.3. The summed E-state index contributed by atoms with van der Waals surface area (Å²) >= 11 is 0. The molecule has 92 valence electrons. The second-order valence-electron chi connectivity index (χ2n) is 4.03. The van der Waals surface area contributed by atoms with E-state index in [1.807, 2.05) is 13.0 Å². The Balaban J connectivity index is 2.76. The molecule has 0 radical (unpaired) electrons. The lowest BCUT2D eigenvalue weighted by Crippen LogP contribution is -1.95. The number of carboxylic acids is 1. The van der Waals surface area contributed by atoms with Gasteiger partial charge in [0.25, 0.3) is 0 Å². The number of aliphatic carboxylic acids is 1. The van der Waals surface area contributed by atoms with Crippen molar-refractivity contribution in [1.82, 2.24) is 0 Å². The van der Waals surface area contributed by atoms with E-state index >= 15 is 0 Å². The number of rotatable bonds is 5. The van der Waals surface area contributed by atoms with Crippen molar-refractivity contribution in [3.8, 4) is 5.75 Å². The van der Waals surface area contributed by atoms with Gasteiger partial charge in [-0.15, -0.1) is 0 Å². The summed E-state index contributed by atoms with van der Waals surface area (Å²) in [6, 6.07) is 4.12. The number of ether oxygens (including phenoxy) is 1. The summed E-state index contributed by atoms with van der Waals surface area (Å²) in [5, 5.41) is 8.48. The fourth-order valence-corrected chi connectivity index (χ4v) is 1.66. The summed E-state index contributed by atoms with van der Waals surface area (Å²) in [6.07, 6.45) is 4.32. The highest BCUT2D eigenvalue weighted by atomic mass is 16.5. The molecule has 0 fully saturated rings. The van der Waals surface area contributed by atoms with Crippen molar-refractivity contribution < 1.29 is 14.6 Å². The van der Waals surface area contributed by atoms with Gasteiger partial charge in [-0.25, -0.2) is 4.79 Å². The average molecular weight is 234 g/mol. The van der Waals surface area contributed by atoms with Crippen LogP contribution in [0.25, 0.3) is 0 Å². The Labute approximate surface area is 102 Å². The fourth-order valence-electron chi connectivity index (χ4n) is 1.66. The van der Waals surface area contributed by atoms with E-state index in [9.17, 15) is 4.79 Å². The van der Waals surface area contributed by atoms with Gasteiger partial charge < -0.3 is 9.84 Å². The van der Waals surface area contributed by atoms with E-state index in [1.165, 1.54) is 17.2 Å². The summed E-state index contributed by atoms with van der Waals surface area (Å²) in [4.78, 5) is 10.3. The van der Waals surface area contributed by atoms with Crippen molar-refractivity contribution in [2.45, 2.75) is 26.7 Å². The van der Waals surface area contributed by atoms with Crippen LogP contribution in [-0.4, -0.2) is 18.2 Å². The molecule has 0 spiro atoms. The lowest BCUT2D eigenvalue weighted by Gasteiger charge is -2.10. The summed E-state index contributed by atoms with van der Waals surface area (Å²) in [6.45, 7) is 4.11. The van der Waals surface area contributed by atoms with E-state index in [-0.39, 0.29) is 0 Å². The topological polar surface area (TPSA) is 46.5 Å². The van der Waals surface area contributed by atoms with Crippen LogP contribution in [0.2, 0.25) is 0 Å². The van der Waals surface area contributed by atoms with E-state index in [2.05, 4.69) is 13.0 Å². The van der Waals surface area contributed by atoms with Gasteiger partial charge in [0.05, 0.1) is 7.11 Å². The van der Waals surface area contributed by atoms with E-state index in [0.29, 0.717) is 6.42 Å². The van der Waals surface area contributed by atoms with Gasteiger partial charge in [-0.05, 0) is 49.4 Å². The van der Waals surface area contributed by atoms with Gasteiger partial charge in [-0.2, -0.15) is 0 Å². The van der Waals surface area contributed by atoms with Crippen molar-refractivity contribution in [3.05, 3.63) is 41.0 Å². The highest BCUT2D eigenvalue weighted by Crippen LogP contribution is 2.24. The zero-order chi connectivity index (χ0) is 12.8. The lowest BCUT2D eigenvalue weighted by atomic mass is 10.0. The Morgan fingerprint density at radius 1 is 1.35 bits per heavy atom. The molecule has 1 rings (SSSR count). The van der Waals surface area contributed by atoms with Crippen LogP contribution in [-0.2, 0) is 11.2 Å². The predicted octanol–water partition coefficient (Wildman–Crippen LogP) is 2.89. The van der Waals surface area contributed by atoms with E-state index < -0.39 is 5.97 Å². The quantitative estimate of drug-likeness (QED) is 0.797. The van der Waals surface area contributed by atoms with Crippen LogP contribution < -0.4 is 4.74 Å². The minimum Gasteiger partial charge on any atom is -0.496 e. The van der Waals surface area contributed by atoms with Crippen molar-refractivity contribution in [1.29, 1.82) is 0 Å². The van der Waals surface area contributed by atoms with E-state index in [0.717, 1.165) is 17.7 Å². The van der Waals surface area contributed by atoms with Gasteiger partial charge >= 0.3 is 5.97 Å². The van der Waals surface area contributed by atoms with Crippen LogP contribution in [0.1, 0.15) is 23.1 Å². The molecule has 0 aliphatic carbocycles. The number of aryl methyl sites for hydroxylation is 3. The Kier molecular flexibility index (Phi) is 4.76. The number of benzene rings is 1. The van der Waals surface area contributed by atoms with Crippen LogP contribution >= 0.6 is 0 Å². The molecule has 1 aromatic rings. The van der Waals surface area contributed by atoms with Crippen molar-refractivity contribution in [3.63, 3.8) is 0 Å². The third-order valence-electron chi connectivity index (χ3n) is 2.74. The summed E-state index contributed by atoms with van der Waals surface area (Å²) in [7, 11) is 1.65. The highest BCUT2D eigenvalue weighted by Gasteiger charge is 2.04. The van der Waals surface area contributed by atoms with Crippen LogP contribution in [0.15, 0.2) is 24.3 Å². The Hall–Kier alpha value is -1.77. The number of hydrogen-bond acceptors (Lipinski definition) is 2. The Bertz CT molecular complexity index is 433. The molecule has 3 nitrogen and oxygen atoms in total. The number of methoxy groups -OCH3 is 1. The third kappa shape index (κ3) is 3.94. The standard InChI is InChI=1S/C14H18O3/c1-10-8-12(6-4-5-7-14(15)16)13(17-3)9-11(10)2/h5,7-9H,4,6H2,1-3H3,(H,15,16)/b7-5+. The van der Waals surface area contributed by atoms with Gasteiger partial charge in [0.2, 0.25) is 0 Å². The van der Waals surface area contributed by atoms with Crippen LogP contribution in [0, 0.1) is 13.8 Å². The summed E-state index contributed by atoms with van der Waals surface area (Å²) < 4.78 is 5.32. The number of carboxylic acid groups (broad SMARTS) is 1. The molecule has 0 amide bonds. The average Bonchev–Trinajstić information content (AvgIpc) is 2.28. The van der Waals surface area contributed by atoms with E-state index in [1.54, 1.807) is 13.2 Å². The monoisotopic (exact) mass is 234 g/mol. The zero-order valence-corrected chi connectivity index (χ0v) is 10.5. The Morgan fingerprint density at radius 2 is 2.00 bits per heavy atom. The highest BCUT2D eigenvalue weighted by molar-refractivity contribution is 5.79. The van der Waals surface area contributed by atoms with Gasteiger partial charge in [0.15, 0.2) is 0 Å². The molecule has 17 heavy (non-hydrogen) atoms. The molecule has 3 heteroatoms. The van der Waals surface area contributed by atoms with Gasteiger partial charge in [-0.3, -0.25) is 0 Å². The van der Waals surface area contributed by atoms with Gasteiger partial charge in [0.1, 0.15) is 5.75 Å². The van der Waals surface area contributed by atoms with Gasteiger partial charge in [-0.1, -0.05) is 12.1 Å². The molecule has 1 aromatic carbocycles. The lowest BCUT2D eigenvalue weighted by molar-refractivity contribution is -0.131. The maximum absolute atomic E-state index is 10.3. The number of carbonyl (C=O) groups is 1. The Morgan fingerprint density at radius 3 is 2.59 bits per heavy atom. The minimum atomic E-state index is -0.906. The third-order valence-corrected chi connectivity index (χ3v) is 2.74. The van der Waals surface area contributed by atoms with Crippen molar-refractivity contribution in [2.75, 3.05) is 7.11 Å². The van der Waals surface area contributed by atoms with Crippen LogP contribution in [0.3, 0.4) is 0 Å². The molecule has 0 heterocycles. The molecule has 0 atom stereocenters. The second-order valence-corrected chi connectivity index (χ2v) is 4.03.